The Kier molecular flexibility index (Phi) is 4.04. The molecular formula is C25H22FN3O4. The second-order valence-corrected chi connectivity index (χ2v) is 8.95. The third kappa shape index (κ3) is 2.42. The standard InChI is InChI=1S/C25H22FN3O4/c1-3-11-12-5-6-17(27)20-13-9-29-19(22(13)28-18(21(12)20)8-16(11)26)7-15-14(23(29)30)10-33-24(31)25(15,32)4-2/h3,7-8,17,32H,1,4-6,9-10,27H2,2H3/t17-,25-/m0/s1. The van der Waals surface area contributed by atoms with E-state index in [9.17, 15) is 19.1 Å². The average Bonchev–Trinajstić information content (AvgIpc) is 3.17. The van der Waals surface area contributed by atoms with Gasteiger partial charge in [-0.15, -0.1) is 0 Å². The molecule has 1 aliphatic carbocycles. The largest absolute Gasteiger partial charge is 0.458 e. The molecule has 8 heteroatoms. The number of hydrogen-bond acceptors (Lipinski definition) is 6. The van der Waals surface area contributed by atoms with Crippen molar-refractivity contribution in [2.45, 2.75) is 51.0 Å². The van der Waals surface area contributed by atoms with E-state index >= 15 is 0 Å². The molecule has 168 valence electrons. The number of aliphatic hydroxyl groups is 1. The van der Waals surface area contributed by atoms with Crippen molar-refractivity contribution in [1.29, 1.82) is 0 Å². The first-order valence-electron chi connectivity index (χ1n) is 11.0. The Labute approximate surface area is 188 Å². The summed E-state index contributed by atoms with van der Waals surface area (Å²) in [6, 6.07) is 2.76. The van der Waals surface area contributed by atoms with Gasteiger partial charge >= 0.3 is 5.97 Å². The van der Waals surface area contributed by atoms with Crippen LogP contribution < -0.4 is 11.3 Å². The van der Waals surface area contributed by atoms with Crippen LogP contribution in [0.4, 0.5) is 4.39 Å². The van der Waals surface area contributed by atoms with Gasteiger partial charge in [-0.25, -0.2) is 14.2 Å². The van der Waals surface area contributed by atoms with Gasteiger partial charge in [-0.05, 0) is 36.5 Å². The summed E-state index contributed by atoms with van der Waals surface area (Å²) < 4.78 is 21.6. The Bertz CT molecular complexity index is 1490. The van der Waals surface area contributed by atoms with Crippen LogP contribution in [0, 0.1) is 5.82 Å². The van der Waals surface area contributed by atoms with E-state index in [2.05, 4.69) is 6.58 Å². The average molecular weight is 447 g/mol. The molecule has 0 bridgehead atoms. The number of esters is 1. The van der Waals surface area contributed by atoms with Gasteiger partial charge in [-0.1, -0.05) is 19.6 Å². The summed E-state index contributed by atoms with van der Waals surface area (Å²) in [7, 11) is 0. The van der Waals surface area contributed by atoms with Gasteiger partial charge in [0.05, 0.1) is 29.0 Å². The molecule has 0 saturated carbocycles. The highest BCUT2D eigenvalue weighted by Crippen LogP contribution is 2.45. The highest BCUT2D eigenvalue weighted by molar-refractivity contribution is 5.94. The fourth-order valence-corrected chi connectivity index (χ4v) is 5.68. The summed E-state index contributed by atoms with van der Waals surface area (Å²) in [5.74, 6) is -1.17. The maximum Gasteiger partial charge on any atom is 0.343 e. The Morgan fingerprint density at radius 1 is 1.36 bits per heavy atom. The minimum atomic E-state index is -1.90. The van der Waals surface area contributed by atoms with Crippen molar-refractivity contribution in [3.05, 3.63) is 68.3 Å². The molecule has 0 fully saturated rings. The van der Waals surface area contributed by atoms with Crippen molar-refractivity contribution < 1.29 is 19.0 Å². The second kappa shape index (κ2) is 6.59. The minimum absolute atomic E-state index is 0.0642. The van der Waals surface area contributed by atoms with Crippen LogP contribution in [0.15, 0.2) is 23.5 Å². The number of carbonyl (C=O) groups excluding carboxylic acids is 1. The summed E-state index contributed by atoms with van der Waals surface area (Å²) in [5.41, 5.74) is 9.32. The number of nitrogens with two attached hydrogens (primary N) is 1. The second-order valence-electron chi connectivity index (χ2n) is 8.95. The van der Waals surface area contributed by atoms with E-state index in [0.29, 0.717) is 35.3 Å². The van der Waals surface area contributed by atoms with Gasteiger partial charge in [0.15, 0.2) is 5.60 Å². The Morgan fingerprint density at radius 3 is 2.88 bits per heavy atom. The molecule has 33 heavy (non-hydrogen) atoms. The number of aromatic nitrogens is 2. The lowest BCUT2D eigenvalue weighted by atomic mass is 9.82. The summed E-state index contributed by atoms with van der Waals surface area (Å²) >= 11 is 0. The van der Waals surface area contributed by atoms with E-state index in [-0.39, 0.29) is 42.3 Å². The molecule has 3 N–H and O–H groups in total. The van der Waals surface area contributed by atoms with Gasteiger partial charge in [0.2, 0.25) is 0 Å². The Hall–Kier alpha value is -3.36. The van der Waals surface area contributed by atoms with Gasteiger partial charge < -0.3 is 20.1 Å². The molecule has 0 radical (unpaired) electrons. The maximum atomic E-state index is 14.9. The quantitative estimate of drug-likeness (QED) is 0.458. The number of cyclic esters (lactones) is 1. The predicted octanol–water partition coefficient (Wildman–Crippen LogP) is 2.81. The van der Waals surface area contributed by atoms with Crippen molar-refractivity contribution in [3.8, 4) is 11.4 Å². The molecule has 0 amide bonds. The number of hydrogen-bond donors (Lipinski definition) is 2. The van der Waals surface area contributed by atoms with Gasteiger partial charge in [0.1, 0.15) is 12.4 Å². The van der Waals surface area contributed by atoms with Crippen molar-refractivity contribution in [2.24, 2.45) is 5.73 Å². The van der Waals surface area contributed by atoms with Crippen LogP contribution in [-0.2, 0) is 34.7 Å². The molecule has 6 rings (SSSR count). The molecule has 0 spiro atoms. The third-order valence-corrected chi connectivity index (χ3v) is 7.40. The SMILES string of the molecule is C=Cc1c(F)cc2nc3c(c4c2c1CC[C@@H]4N)Cn1c-3cc2c(c1=O)COC(=O)[C@]2(O)CC. The van der Waals surface area contributed by atoms with Crippen LogP contribution in [0.25, 0.3) is 28.4 Å². The number of aryl methyl sites for hydroxylation is 1. The number of benzene rings is 1. The zero-order valence-corrected chi connectivity index (χ0v) is 18.1. The van der Waals surface area contributed by atoms with Crippen LogP contribution in [0.1, 0.15) is 59.2 Å². The topological polar surface area (TPSA) is 107 Å². The van der Waals surface area contributed by atoms with E-state index in [0.717, 1.165) is 22.1 Å². The molecule has 2 aliphatic heterocycles. The third-order valence-electron chi connectivity index (χ3n) is 7.40. The van der Waals surface area contributed by atoms with E-state index < -0.39 is 17.4 Å². The number of fused-ring (bicyclic) bond motifs is 5. The van der Waals surface area contributed by atoms with Crippen molar-refractivity contribution in [1.82, 2.24) is 9.55 Å². The molecule has 4 heterocycles. The van der Waals surface area contributed by atoms with Crippen LogP contribution in [0.2, 0.25) is 0 Å². The van der Waals surface area contributed by atoms with Crippen LogP contribution in [-0.4, -0.2) is 20.6 Å². The number of ether oxygens (including phenoxy) is 1. The maximum absolute atomic E-state index is 14.9. The summed E-state index contributed by atoms with van der Waals surface area (Å²) in [4.78, 5) is 30.6. The molecule has 3 aliphatic rings. The van der Waals surface area contributed by atoms with Crippen LogP contribution in [0.5, 0.6) is 0 Å². The monoisotopic (exact) mass is 447 g/mol. The van der Waals surface area contributed by atoms with Gasteiger partial charge in [0, 0.05) is 34.2 Å². The lowest BCUT2D eigenvalue weighted by molar-refractivity contribution is -0.172. The van der Waals surface area contributed by atoms with Gasteiger partial charge in [-0.3, -0.25) is 4.79 Å². The first-order chi connectivity index (χ1) is 15.8. The number of halogens is 1. The Balaban J connectivity index is 1.70. The van der Waals surface area contributed by atoms with E-state index in [1.54, 1.807) is 17.6 Å². The zero-order chi connectivity index (χ0) is 23.2. The molecule has 1 aromatic carbocycles. The van der Waals surface area contributed by atoms with E-state index in [1.165, 1.54) is 12.1 Å². The molecule has 7 nitrogen and oxygen atoms in total. The molecule has 2 atom stereocenters. The minimum Gasteiger partial charge on any atom is -0.458 e. The number of nitrogens with zero attached hydrogens (tertiary/aromatic N) is 2. The zero-order valence-electron chi connectivity index (χ0n) is 18.1. The first-order valence-corrected chi connectivity index (χ1v) is 11.0. The summed E-state index contributed by atoms with van der Waals surface area (Å²) in [6.45, 7) is 5.50. The van der Waals surface area contributed by atoms with Crippen molar-refractivity contribution in [3.63, 3.8) is 0 Å². The molecule has 0 saturated heterocycles. The smallest absolute Gasteiger partial charge is 0.343 e. The molecular weight excluding hydrogens is 425 g/mol. The number of rotatable bonds is 2. The lowest BCUT2D eigenvalue weighted by Gasteiger charge is -2.31. The first kappa shape index (κ1) is 20.3. The molecule has 0 unspecified atom stereocenters. The molecule has 2 aromatic heterocycles. The van der Waals surface area contributed by atoms with Gasteiger partial charge in [0.25, 0.3) is 5.56 Å². The van der Waals surface area contributed by atoms with Crippen LogP contribution in [0.3, 0.4) is 0 Å². The number of carbonyl (C=O) groups is 1. The van der Waals surface area contributed by atoms with E-state index in [1.807, 2.05) is 0 Å². The molecule has 3 aromatic rings. The number of pyridine rings is 2. The highest BCUT2D eigenvalue weighted by Gasteiger charge is 2.45. The fourth-order valence-electron chi connectivity index (χ4n) is 5.68. The Morgan fingerprint density at radius 2 is 2.15 bits per heavy atom. The van der Waals surface area contributed by atoms with Gasteiger partial charge in [-0.2, -0.15) is 0 Å². The fraction of sp³-hybridized carbons (Fsp3) is 0.320. The van der Waals surface area contributed by atoms with Crippen molar-refractivity contribution in [2.75, 3.05) is 0 Å². The highest BCUT2D eigenvalue weighted by atomic mass is 19.1. The van der Waals surface area contributed by atoms with Crippen molar-refractivity contribution >= 4 is 22.9 Å². The predicted molar refractivity (Wildman–Crippen MR) is 120 cm³/mol. The summed E-state index contributed by atoms with van der Waals surface area (Å²) in [5, 5.41) is 11.9. The van der Waals surface area contributed by atoms with E-state index in [4.69, 9.17) is 15.5 Å². The summed E-state index contributed by atoms with van der Waals surface area (Å²) in [6.07, 6.45) is 2.85. The lowest BCUT2D eigenvalue weighted by Crippen LogP contribution is -2.44. The van der Waals surface area contributed by atoms with Crippen LogP contribution >= 0.6 is 0 Å². The normalized spacial score (nSPS) is 22.5.